The highest BCUT2D eigenvalue weighted by Crippen LogP contribution is 2.53. The molecule has 2 heterocycles. The van der Waals surface area contributed by atoms with Crippen LogP contribution < -0.4 is 0 Å². The van der Waals surface area contributed by atoms with Crippen LogP contribution in [0.15, 0.2) is 11.9 Å². The lowest BCUT2D eigenvalue weighted by molar-refractivity contribution is 0.0428. The summed E-state index contributed by atoms with van der Waals surface area (Å²) in [6, 6.07) is 0. The van der Waals surface area contributed by atoms with Gasteiger partial charge in [0.1, 0.15) is 0 Å². The Kier molecular flexibility index (Phi) is 7.93. The van der Waals surface area contributed by atoms with Crippen molar-refractivity contribution in [2.24, 2.45) is 17.3 Å². The maximum Gasteiger partial charge on any atom is 0.0644 e. The van der Waals surface area contributed by atoms with E-state index in [0.717, 1.165) is 11.8 Å². The van der Waals surface area contributed by atoms with Gasteiger partial charge in [-0.25, -0.2) is 0 Å². The summed E-state index contributed by atoms with van der Waals surface area (Å²) >= 11 is 0. The van der Waals surface area contributed by atoms with Gasteiger partial charge in [0.15, 0.2) is 0 Å². The van der Waals surface area contributed by atoms with E-state index >= 15 is 0 Å². The second-order valence-corrected chi connectivity index (χ2v) is 12.5. The van der Waals surface area contributed by atoms with E-state index in [9.17, 15) is 0 Å². The van der Waals surface area contributed by atoms with E-state index in [0.29, 0.717) is 5.41 Å². The van der Waals surface area contributed by atoms with Crippen molar-refractivity contribution < 1.29 is 0 Å². The fraction of sp³-hybridized carbons (Fsp3) is 0.920. The molecule has 0 N–H and O–H groups in total. The molecule has 0 unspecified atom stereocenters. The van der Waals surface area contributed by atoms with E-state index in [1.165, 1.54) is 122 Å². The molecule has 2 aliphatic carbocycles. The van der Waals surface area contributed by atoms with Crippen LogP contribution in [-0.4, -0.2) is 35.5 Å². The highest BCUT2D eigenvalue weighted by Gasteiger charge is 2.41. The Labute approximate surface area is 176 Å². The first-order valence-corrected chi connectivity index (χ1v) is 14.0. The van der Waals surface area contributed by atoms with Crippen molar-refractivity contribution in [3.63, 3.8) is 0 Å². The highest BCUT2D eigenvalue weighted by molar-refractivity contribution is 7.56. The highest BCUT2D eigenvalue weighted by atomic mass is 31.1. The molecule has 28 heavy (non-hydrogen) atoms. The van der Waals surface area contributed by atoms with Gasteiger partial charge in [-0.15, -0.1) is 0 Å². The first kappa shape index (κ1) is 21.3. The topological polar surface area (TPSA) is 6.48 Å². The summed E-state index contributed by atoms with van der Waals surface area (Å²) in [4.78, 5) is 0. The molecule has 0 aromatic rings. The van der Waals surface area contributed by atoms with Crippen LogP contribution in [0.5, 0.6) is 0 Å². The summed E-state index contributed by atoms with van der Waals surface area (Å²) in [5.41, 5.74) is 0.564. The lowest BCUT2D eigenvalue weighted by Crippen LogP contribution is -2.37. The zero-order chi connectivity index (χ0) is 19.2. The largest absolute Gasteiger partial charge is 0.267 e. The minimum absolute atomic E-state index is 0.165. The molecule has 2 aliphatic heterocycles. The third-order valence-electron chi connectivity index (χ3n) is 8.62. The van der Waals surface area contributed by atoms with Gasteiger partial charge in [0.05, 0.1) is 8.22 Å². The minimum Gasteiger partial charge on any atom is -0.267 e. The zero-order valence-electron chi connectivity index (χ0n) is 18.6. The number of nitrogens with zero attached hydrogens (tertiary/aromatic N) is 2. The summed E-state index contributed by atoms with van der Waals surface area (Å²) in [6.45, 7) is 8.07. The van der Waals surface area contributed by atoms with Crippen molar-refractivity contribution in [3.05, 3.63) is 11.9 Å². The standard InChI is InChI=1S/C25H45N2P/c1-25(23-13-4-2-5-14-23,24-15-6-3-7-16-24)17-12-22-28(26-18-8-9-19-26)27-20-10-11-21-27/h12,22-24H,2-11,13-21H2,1H3. The van der Waals surface area contributed by atoms with Gasteiger partial charge in [0, 0.05) is 26.2 Å². The molecule has 0 atom stereocenters. The Balaban J connectivity index is 1.46. The van der Waals surface area contributed by atoms with Gasteiger partial charge < -0.3 is 0 Å². The van der Waals surface area contributed by atoms with Crippen LogP contribution in [0.25, 0.3) is 0 Å². The normalized spacial score (nSPS) is 27.5. The SMILES string of the molecule is CC(CC=CP(N1CCCC1)N1CCCC1)(C1CCCCC1)C1CCCCC1. The third-order valence-corrected chi connectivity index (χ3v) is 11.1. The van der Waals surface area contributed by atoms with Crippen LogP contribution in [0.3, 0.4) is 0 Å². The molecule has 4 rings (SSSR count). The Morgan fingerprint density at radius 3 is 1.54 bits per heavy atom. The molecule has 160 valence electrons. The molecule has 0 spiro atoms. The number of hydrogen-bond donors (Lipinski definition) is 0. The molecule has 0 aromatic carbocycles. The van der Waals surface area contributed by atoms with Gasteiger partial charge in [-0.05, 0) is 80.9 Å². The quantitative estimate of drug-likeness (QED) is 0.404. The summed E-state index contributed by atoms with van der Waals surface area (Å²) in [7, 11) is -0.165. The Morgan fingerprint density at radius 2 is 1.11 bits per heavy atom. The van der Waals surface area contributed by atoms with Gasteiger partial charge in [-0.3, -0.25) is 9.34 Å². The van der Waals surface area contributed by atoms with E-state index in [1.54, 1.807) is 0 Å². The van der Waals surface area contributed by atoms with Gasteiger partial charge in [-0.2, -0.15) is 0 Å². The minimum atomic E-state index is -0.165. The van der Waals surface area contributed by atoms with Crippen LogP contribution in [0, 0.1) is 17.3 Å². The molecule has 2 saturated heterocycles. The molecule has 4 aliphatic rings. The van der Waals surface area contributed by atoms with Crippen LogP contribution in [0.2, 0.25) is 0 Å². The van der Waals surface area contributed by atoms with E-state index in [4.69, 9.17) is 0 Å². The monoisotopic (exact) mass is 404 g/mol. The molecule has 2 saturated carbocycles. The number of allylic oxidation sites excluding steroid dienone is 1. The zero-order valence-corrected chi connectivity index (χ0v) is 19.5. The summed E-state index contributed by atoms with van der Waals surface area (Å²) in [6.07, 6.45) is 24.7. The van der Waals surface area contributed by atoms with E-state index < -0.39 is 0 Å². The summed E-state index contributed by atoms with van der Waals surface area (Å²) in [5.74, 6) is 4.67. The molecule has 0 radical (unpaired) electrons. The van der Waals surface area contributed by atoms with Crippen molar-refractivity contribution in [2.75, 3.05) is 26.2 Å². The average Bonchev–Trinajstić information content (AvgIpc) is 3.47. The van der Waals surface area contributed by atoms with Crippen LogP contribution in [0.4, 0.5) is 0 Å². The van der Waals surface area contributed by atoms with Crippen molar-refractivity contribution >= 4 is 8.22 Å². The Hall–Kier alpha value is 0.0900. The predicted molar refractivity (Wildman–Crippen MR) is 124 cm³/mol. The van der Waals surface area contributed by atoms with E-state index in [1.807, 2.05) is 0 Å². The number of rotatable bonds is 7. The van der Waals surface area contributed by atoms with E-state index in [-0.39, 0.29) is 8.22 Å². The molecule has 0 amide bonds. The van der Waals surface area contributed by atoms with Gasteiger partial charge >= 0.3 is 0 Å². The second kappa shape index (κ2) is 10.4. The van der Waals surface area contributed by atoms with Crippen LogP contribution in [0.1, 0.15) is 103 Å². The van der Waals surface area contributed by atoms with E-state index in [2.05, 4.69) is 28.2 Å². The lowest BCUT2D eigenvalue weighted by atomic mass is 9.58. The maximum absolute atomic E-state index is 2.83. The Bertz CT molecular complexity index is 447. The Morgan fingerprint density at radius 1 is 0.679 bits per heavy atom. The molecular formula is C25H45N2P. The van der Waals surface area contributed by atoms with Crippen molar-refractivity contribution in [2.45, 2.75) is 103 Å². The molecule has 0 bridgehead atoms. The first-order chi connectivity index (χ1) is 13.8. The lowest BCUT2D eigenvalue weighted by Gasteiger charge is -2.47. The maximum atomic E-state index is 2.83. The van der Waals surface area contributed by atoms with Gasteiger partial charge in [0.2, 0.25) is 0 Å². The smallest absolute Gasteiger partial charge is 0.0644 e. The average molecular weight is 405 g/mol. The van der Waals surface area contributed by atoms with Crippen molar-refractivity contribution in [3.8, 4) is 0 Å². The number of hydrogen-bond acceptors (Lipinski definition) is 2. The van der Waals surface area contributed by atoms with Crippen LogP contribution in [-0.2, 0) is 0 Å². The summed E-state index contributed by atoms with van der Waals surface area (Å²) in [5, 5.41) is 0. The molecule has 0 aromatic heterocycles. The second-order valence-electron chi connectivity index (χ2n) is 10.4. The fourth-order valence-corrected chi connectivity index (χ4v) is 9.18. The predicted octanol–water partition coefficient (Wildman–Crippen LogP) is 7.56. The first-order valence-electron chi connectivity index (χ1n) is 12.7. The van der Waals surface area contributed by atoms with Crippen molar-refractivity contribution in [1.82, 2.24) is 9.34 Å². The van der Waals surface area contributed by atoms with Gasteiger partial charge in [-0.1, -0.05) is 51.5 Å². The summed E-state index contributed by atoms with van der Waals surface area (Å²) < 4.78 is 5.66. The molecule has 3 heteroatoms. The fourth-order valence-electron chi connectivity index (χ4n) is 6.77. The van der Waals surface area contributed by atoms with Gasteiger partial charge in [0.25, 0.3) is 0 Å². The van der Waals surface area contributed by atoms with Crippen molar-refractivity contribution in [1.29, 1.82) is 0 Å². The third kappa shape index (κ3) is 5.04. The van der Waals surface area contributed by atoms with Crippen LogP contribution >= 0.6 is 8.22 Å². The molecule has 2 nitrogen and oxygen atoms in total. The molecule has 4 fully saturated rings. The molecular weight excluding hydrogens is 359 g/mol.